The van der Waals surface area contributed by atoms with Crippen molar-refractivity contribution in [2.45, 2.75) is 26.8 Å². The van der Waals surface area contributed by atoms with Gasteiger partial charge < -0.3 is 10.1 Å². The number of amides is 1. The van der Waals surface area contributed by atoms with Gasteiger partial charge in [0.05, 0.1) is 31.5 Å². The molecule has 3 aromatic rings. The number of rotatable bonds is 5. The van der Waals surface area contributed by atoms with Crippen LogP contribution in [0.1, 0.15) is 22.0 Å². The minimum atomic E-state index is -0.0421. The van der Waals surface area contributed by atoms with Crippen LogP contribution in [0, 0.1) is 13.8 Å². The molecule has 2 heterocycles. The van der Waals surface area contributed by atoms with Crippen molar-refractivity contribution in [3.63, 3.8) is 0 Å². The Labute approximate surface area is 138 Å². The van der Waals surface area contributed by atoms with Gasteiger partial charge in [-0.05, 0) is 31.5 Å². The van der Waals surface area contributed by atoms with E-state index in [0.717, 1.165) is 32.7 Å². The summed E-state index contributed by atoms with van der Waals surface area (Å²) in [5.41, 5.74) is 2.73. The molecule has 0 spiro atoms. The Kier molecular flexibility index (Phi) is 4.29. The lowest BCUT2D eigenvalue weighted by molar-refractivity contribution is -0.120. The van der Waals surface area contributed by atoms with Gasteiger partial charge >= 0.3 is 0 Å². The number of aryl methyl sites for hydroxylation is 2. The van der Waals surface area contributed by atoms with Gasteiger partial charge in [-0.1, -0.05) is 23.5 Å². The number of ether oxygens (including phenoxy) is 1. The van der Waals surface area contributed by atoms with Crippen LogP contribution in [0.3, 0.4) is 0 Å². The predicted molar refractivity (Wildman–Crippen MR) is 88.9 cm³/mol. The summed E-state index contributed by atoms with van der Waals surface area (Å²) in [6, 6.07) is 7.52. The number of methoxy groups -OCH3 is 1. The van der Waals surface area contributed by atoms with Crippen LogP contribution in [0.15, 0.2) is 24.3 Å². The summed E-state index contributed by atoms with van der Waals surface area (Å²) < 4.78 is 6.98. The molecule has 0 atom stereocenters. The maximum atomic E-state index is 12.2. The first kappa shape index (κ1) is 15.5. The highest BCUT2D eigenvalue weighted by Gasteiger charge is 2.13. The van der Waals surface area contributed by atoms with Crippen LogP contribution >= 0.6 is 11.3 Å². The summed E-state index contributed by atoms with van der Waals surface area (Å²) in [4.78, 5) is 17.5. The van der Waals surface area contributed by atoms with Crippen LogP contribution in [-0.4, -0.2) is 27.6 Å². The van der Waals surface area contributed by atoms with Crippen LogP contribution in [0.5, 0.6) is 5.75 Å². The molecule has 0 fully saturated rings. The third-order valence-corrected chi connectivity index (χ3v) is 4.37. The zero-order valence-electron chi connectivity index (χ0n) is 13.3. The number of aromatic nitrogens is 3. The van der Waals surface area contributed by atoms with Gasteiger partial charge in [0.1, 0.15) is 10.8 Å². The lowest BCUT2D eigenvalue weighted by Gasteiger charge is -2.06. The molecule has 23 heavy (non-hydrogen) atoms. The van der Waals surface area contributed by atoms with Crippen molar-refractivity contribution in [2.75, 3.05) is 7.11 Å². The lowest BCUT2D eigenvalue weighted by atomic mass is 10.1. The summed E-state index contributed by atoms with van der Waals surface area (Å²) in [6.45, 7) is 4.29. The van der Waals surface area contributed by atoms with Crippen molar-refractivity contribution in [3.05, 3.63) is 46.2 Å². The van der Waals surface area contributed by atoms with E-state index >= 15 is 0 Å². The number of hydrogen-bond donors (Lipinski definition) is 1. The number of fused-ring (bicyclic) bond motifs is 1. The zero-order valence-corrected chi connectivity index (χ0v) is 14.1. The van der Waals surface area contributed by atoms with Crippen molar-refractivity contribution in [1.29, 1.82) is 0 Å². The maximum absolute atomic E-state index is 12.2. The van der Waals surface area contributed by atoms with E-state index in [1.807, 2.05) is 38.1 Å². The third-order valence-electron chi connectivity index (χ3n) is 3.55. The molecule has 0 saturated heterocycles. The first-order valence-corrected chi connectivity index (χ1v) is 8.09. The molecule has 1 N–H and O–H groups in total. The second kappa shape index (κ2) is 6.37. The molecule has 2 aromatic heterocycles. The molecular weight excluding hydrogens is 312 g/mol. The Balaban J connectivity index is 1.67. The molecule has 0 unspecified atom stereocenters. The Hall–Kier alpha value is -2.41. The van der Waals surface area contributed by atoms with Crippen molar-refractivity contribution in [2.24, 2.45) is 0 Å². The second-order valence-electron chi connectivity index (χ2n) is 5.26. The summed E-state index contributed by atoms with van der Waals surface area (Å²) in [6.07, 6.45) is 0.314. The number of benzene rings is 1. The fraction of sp³-hybridized carbons (Fsp3) is 0.312. The monoisotopic (exact) mass is 330 g/mol. The Morgan fingerprint density at radius 3 is 3.00 bits per heavy atom. The van der Waals surface area contributed by atoms with E-state index in [9.17, 15) is 4.79 Å². The number of hydrogen-bond acceptors (Lipinski definition) is 5. The van der Waals surface area contributed by atoms with Crippen molar-refractivity contribution in [1.82, 2.24) is 19.9 Å². The Morgan fingerprint density at radius 1 is 1.39 bits per heavy atom. The normalized spacial score (nSPS) is 10.9. The lowest BCUT2D eigenvalue weighted by Crippen LogP contribution is -2.25. The van der Waals surface area contributed by atoms with Crippen LogP contribution in [0.25, 0.3) is 4.96 Å². The average Bonchev–Trinajstić information content (AvgIpc) is 3.00. The Morgan fingerprint density at radius 2 is 2.22 bits per heavy atom. The van der Waals surface area contributed by atoms with E-state index in [1.165, 1.54) is 0 Å². The van der Waals surface area contributed by atoms with Crippen molar-refractivity contribution in [3.8, 4) is 5.75 Å². The minimum Gasteiger partial charge on any atom is -0.497 e. The van der Waals surface area contributed by atoms with Crippen LogP contribution < -0.4 is 10.1 Å². The van der Waals surface area contributed by atoms with Gasteiger partial charge in [-0.15, -0.1) is 0 Å². The topological polar surface area (TPSA) is 68.5 Å². The second-order valence-corrected chi connectivity index (χ2v) is 6.42. The molecule has 0 saturated carbocycles. The highest BCUT2D eigenvalue weighted by Crippen LogP contribution is 2.18. The van der Waals surface area contributed by atoms with Gasteiger partial charge in [-0.2, -0.15) is 5.10 Å². The zero-order chi connectivity index (χ0) is 16.4. The molecule has 0 radical (unpaired) electrons. The fourth-order valence-corrected chi connectivity index (χ4v) is 3.21. The maximum Gasteiger partial charge on any atom is 0.224 e. The highest BCUT2D eigenvalue weighted by atomic mass is 32.1. The molecule has 1 aromatic carbocycles. The summed E-state index contributed by atoms with van der Waals surface area (Å²) >= 11 is 1.54. The molecule has 3 rings (SSSR count). The number of nitrogens with zero attached hydrogens (tertiary/aromatic N) is 3. The number of imidazole rings is 1. The molecular formula is C16H18N4O2S. The molecule has 7 heteroatoms. The SMILES string of the molecule is COc1cccc(CC(=O)NCc2c(C)nc3sc(C)nn23)c1. The largest absolute Gasteiger partial charge is 0.497 e. The van der Waals surface area contributed by atoms with Gasteiger partial charge in [0.15, 0.2) is 0 Å². The summed E-state index contributed by atoms with van der Waals surface area (Å²) in [5, 5.41) is 8.32. The van der Waals surface area contributed by atoms with E-state index in [-0.39, 0.29) is 5.91 Å². The van der Waals surface area contributed by atoms with Gasteiger partial charge in [0.25, 0.3) is 0 Å². The number of nitrogens with one attached hydrogen (secondary N) is 1. The van der Waals surface area contributed by atoms with E-state index in [1.54, 1.807) is 23.0 Å². The molecule has 1 amide bonds. The van der Waals surface area contributed by atoms with Crippen LogP contribution in [0.4, 0.5) is 0 Å². The van der Waals surface area contributed by atoms with Gasteiger partial charge in [-0.25, -0.2) is 9.50 Å². The molecule has 0 aliphatic heterocycles. The molecule has 0 bridgehead atoms. The molecule has 0 aliphatic carbocycles. The van der Waals surface area contributed by atoms with Crippen LogP contribution in [-0.2, 0) is 17.8 Å². The summed E-state index contributed by atoms with van der Waals surface area (Å²) in [7, 11) is 1.61. The van der Waals surface area contributed by atoms with Crippen molar-refractivity contribution < 1.29 is 9.53 Å². The first-order chi connectivity index (χ1) is 11.1. The van der Waals surface area contributed by atoms with Crippen molar-refractivity contribution >= 4 is 22.2 Å². The Bertz CT molecular complexity index is 853. The molecule has 0 aliphatic rings. The fourth-order valence-electron chi connectivity index (χ4n) is 2.40. The van der Waals surface area contributed by atoms with E-state index in [2.05, 4.69) is 15.4 Å². The van der Waals surface area contributed by atoms with E-state index in [0.29, 0.717) is 13.0 Å². The highest BCUT2D eigenvalue weighted by molar-refractivity contribution is 7.16. The van der Waals surface area contributed by atoms with E-state index < -0.39 is 0 Å². The minimum absolute atomic E-state index is 0.0421. The smallest absolute Gasteiger partial charge is 0.224 e. The quantitative estimate of drug-likeness (QED) is 0.779. The summed E-state index contributed by atoms with van der Waals surface area (Å²) in [5.74, 6) is 0.709. The molecule has 6 nitrogen and oxygen atoms in total. The molecule has 120 valence electrons. The third kappa shape index (κ3) is 3.34. The van der Waals surface area contributed by atoms with E-state index in [4.69, 9.17) is 4.74 Å². The van der Waals surface area contributed by atoms with Gasteiger partial charge in [0, 0.05) is 0 Å². The van der Waals surface area contributed by atoms with Gasteiger partial charge in [0.2, 0.25) is 10.9 Å². The standard InChI is InChI=1S/C16H18N4O2S/c1-10-14(20-16(18-10)23-11(2)19-20)9-17-15(21)8-12-5-4-6-13(7-12)22-3/h4-7H,8-9H2,1-3H3,(H,17,21). The number of carbonyl (C=O) groups excluding carboxylic acids is 1. The van der Waals surface area contributed by atoms with Gasteiger partial charge in [-0.3, -0.25) is 4.79 Å². The average molecular weight is 330 g/mol. The number of carbonyl (C=O) groups is 1. The predicted octanol–water partition coefficient (Wildman–Crippen LogP) is 2.28. The van der Waals surface area contributed by atoms with Crippen LogP contribution in [0.2, 0.25) is 0 Å². The first-order valence-electron chi connectivity index (χ1n) is 7.28.